The van der Waals surface area contributed by atoms with Crippen LogP contribution in [0.4, 0.5) is 11.5 Å². The molecule has 0 spiro atoms. The minimum absolute atomic E-state index is 0.128. The van der Waals surface area contributed by atoms with Crippen LogP contribution < -0.4 is 10.6 Å². The van der Waals surface area contributed by atoms with Crippen molar-refractivity contribution in [3.63, 3.8) is 0 Å². The Labute approximate surface area is 193 Å². The largest absolute Gasteiger partial charge is 0.351 e. The lowest BCUT2D eigenvalue weighted by molar-refractivity contribution is 0.0889. The molecule has 1 saturated heterocycles. The summed E-state index contributed by atoms with van der Waals surface area (Å²) in [6, 6.07) is 4.71. The molecule has 8 nitrogen and oxygen atoms in total. The molecule has 32 heavy (non-hydrogen) atoms. The van der Waals surface area contributed by atoms with Gasteiger partial charge in [0.25, 0.3) is 5.91 Å². The third-order valence-corrected chi connectivity index (χ3v) is 6.54. The lowest BCUT2D eigenvalue weighted by Crippen LogP contribution is -2.47. The zero-order valence-electron chi connectivity index (χ0n) is 19.0. The van der Waals surface area contributed by atoms with Gasteiger partial charge in [0.2, 0.25) is 0 Å². The summed E-state index contributed by atoms with van der Waals surface area (Å²) in [7, 11) is 1.85. The van der Waals surface area contributed by atoms with Crippen LogP contribution in [0.1, 0.15) is 49.2 Å². The van der Waals surface area contributed by atoms with E-state index in [1.54, 1.807) is 23.1 Å². The first kappa shape index (κ1) is 22.5. The molecule has 0 radical (unpaired) electrons. The number of carbonyl (C=O) groups excluding carboxylic acids is 1. The van der Waals surface area contributed by atoms with Gasteiger partial charge in [-0.3, -0.25) is 19.4 Å². The molecular weight excluding hydrogens is 426 g/mol. The Bertz CT molecular complexity index is 1120. The van der Waals surface area contributed by atoms with E-state index in [1.807, 2.05) is 20.0 Å². The van der Waals surface area contributed by atoms with Crippen LogP contribution in [0.3, 0.4) is 0 Å². The maximum absolute atomic E-state index is 12.8. The van der Waals surface area contributed by atoms with E-state index >= 15 is 0 Å². The maximum atomic E-state index is 12.8. The Morgan fingerprint density at radius 3 is 2.69 bits per heavy atom. The Balaban J connectivity index is 1.45. The van der Waals surface area contributed by atoms with E-state index in [4.69, 9.17) is 11.6 Å². The summed E-state index contributed by atoms with van der Waals surface area (Å²) in [4.78, 5) is 23.8. The van der Waals surface area contributed by atoms with Crippen LogP contribution >= 0.6 is 11.6 Å². The third-order valence-electron chi connectivity index (χ3n) is 6.34. The number of fused-ring (bicyclic) bond motifs is 1. The predicted molar refractivity (Wildman–Crippen MR) is 128 cm³/mol. The molecule has 1 fully saturated rings. The number of carbonyl (C=O) groups is 1. The van der Waals surface area contributed by atoms with Crippen LogP contribution in [-0.2, 0) is 7.05 Å². The highest BCUT2D eigenvalue weighted by molar-refractivity contribution is 6.30. The molecule has 0 unspecified atom stereocenters. The van der Waals surface area contributed by atoms with Crippen LogP contribution in [0, 0.1) is 6.92 Å². The first-order valence-electron chi connectivity index (χ1n) is 11.1. The normalized spacial score (nSPS) is 19.3. The molecule has 1 aliphatic heterocycles. The van der Waals surface area contributed by atoms with Gasteiger partial charge in [-0.1, -0.05) is 18.0 Å². The van der Waals surface area contributed by atoms with Crippen LogP contribution in [0.2, 0.25) is 5.15 Å². The lowest BCUT2D eigenvalue weighted by atomic mass is 9.98. The number of rotatable bonds is 6. The number of hydrogen-bond donors (Lipinski definition) is 2. The second kappa shape index (κ2) is 9.42. The zero-order valence-corrected chi connectivity index (χ0v) is 19.8. The van der Waals surface area contributed by atoms with Crippen molar-refractivity contribution in [2.24, 2.45) is 7.05 Å². The summed E-state index contributed by atoms with van der Waals surface area (Å²) in [5.74, 6) is 0.513. The summed E-state index contributed by atoms with van der Waals surface area (Å²) in [5.41, 5.74) is 2.89. The zero-order chi connectivity index (χ0) is 22.8. The van der Waals surface area contributed by atoms with E-state index in [1.165, 1.54) is 19.3 Å². The molecule has 1 aliphatic rings. The minimum Gasteiger partial charge on any atom is -0.351 e. The number of aromatic nitrogens is 4. The van der Waals surface area contributed by atoms with Gasteiger partial charge in [-0.2, -0.15) is 5.10 Å². The standard InChI is InChI=1S/C23H30ClN7O/c1-14-6-5-7-15(2)31(14)9-8-25-23(32)17-10-19(16(3)26-12-17)28-22-18-13-27-21(24)11-20(18)30(4)29-22/h10-15H,5-9H2,1-4H3,(H,25,32)(H,28,29)/t14-,15+. The molecule has 3 aromatic heterocycles. The number of pyridine rings is 2. The van der Waals surface area contributed by atoms with E-state index in [2.05, 4.69) is 44.4 Å². The molecule has 0 saturated carbocycles. The van der Waals surface area contributed by atoms with Crippen molar-refractivity contribution >= 4 is 39.9 Å². The van der Waals surface area contributed by atoms with Gasteiger partial charge in [0.05, 0.1) is 27.8 Å². The van der Waals surface area contributed by atoms with Crippen LogP contribution in [-0.4, -0.2) is 55.7 Å². The van der Waals surface area contributed by atoms with Gasteiger partial charge in [0, 0.05) is 50.7 Å². The number of halogens is 1. The average molecular weight is 456 g/mol. The fraction of sp³-hybridized carbons (Fsp3) is 0.478. The number of anilines is 2. The Kier molecular flexibility index (Phi) is 6.62. The molecule has 0 aliphatic carbocycles. The highest BCUT2D eigenvalue weighted by atomic mass is 35.5. The van der Waals surface area contributed by atoms with Crippen molar-refractivity contribution < 1.29 is 4.79 Å². The fourth-order valence-electron chi connectivity index (χ4n) is 4.45. The second-order valence-electron chi connectivity index (χ2n) is 8.60. The number of nitrogens with zero attached hydrogens (tertiary/aromatic N) is 5. The third kappa shape index (κ3) is 4.71. The number of nitrogens with one attached hydrogen (secondary N) is 2. The van der Waals surface area contributed by atoms with E-state index in [0.717, 1.165) is 28.8 Å². The fourth-order valence-corrected chi connectivity index (χ4v) is 4.60. The Hall–Kier alpha value is -2.71. The van der Waals surface area contributed by atoms with E-state index in [9.17, 15) is 4.79 Å². The van der Waals surface area contributed by atoms with E-state index in [-0.39, 0.29) is 5.91 Å². The van der Waals surface area contributed by atoms with Crippen molar-refractivity contribution in [3.05, 3.63) is 40.9 Å². The van der Waals surface area contributed by atoms with Gasteiger partial charge in [-0.25, -0.2) is 4.98 Å². The van der Waals surface area contributed by atoms with Crippen molar-refractivity contribution in [1.29, 1.82) is 0 Å². The number of aryl methyl sites for hydroxylation is 2. The highest BCUT2D eigenvalue weighted by Gasteiger charge is 2.24. The first-order valence-corrected chi connectivity index (χ1v) is 11.5. The van der Waals surface area contributed by atoms with Crippen molar-refractivity contribution in [2.45, 2.75) is 52.1 Å². The second-order valence-corrected chi connectivity index (χ2v) is 8.99. The van der Waals surface area contributed by atoms with Gasteiger partial charge < -0.3 is 10.6 Å². The van der Waals surface area contributed by atoms with Crippen LogP contribution in [0.25, 0.3) is 10.9 Å². The summed E-state index contributed by atoms with van der Waals surface area (Å²) < 4.78 is 1.74. The average Bonchev–Trinajstić information content (AvgIpc) is 3.06. The molecule has 2 N–H and O–H groups in total. The number of likely N-dealkylation sites (tertiary alicyclic amines) is 1. The SMILES string of the molecule is Cc1ncc(C(=O)NCCN2[C@H](C)CCC[C@@H]2C)cc1Nc1nn(C)c2cc(Cl)ncc12. The van der Waals surface area contributed by atoms with E-state index < -0.39 is 0 Å². The summed E-state index contributed by atoms with van der Waals surface area (Å²) in [6.45, 7) is 7.90. The number of piperidine rings is 1. The molecule has 2 atom stereocenters. The molecule has 0 bridgehead atoms. The van der Waals surface area contributed by atoms with Gasteiger partial charge in [-0.05, 0) is 39.7 Å². The van der Waals surface area contributed by atoms with Gasteiger partial charge in [0.1, 0.15) is 5.15 Å². The maximum Gasteiger partial charge on any atom is 0.252 e. The number of amides is 1. The van der Waals surface area contributed by atoms with Crippen LogP contribution in [0.5, 0.6) is 0 Å². The van der Waals surface area contributed by atoms with Gasteiger partial charge in [0.15, 0.2) is 5.82 Å². The molecule has 9 heteroatoms. The molecule has 4 rings (SSSR count). The van der Waals surface area contributed by atoms with Gasteiger partial charge in [-0.15, -0.1) is 0 Å². The van der Waals surface area contributed by atoms with Crippen LogP contribution in [0.15, 0.2) is 24.5 Å². The minimum atomic E-state index is -0.128. The Morgan fingerprint density at radius 2 is 1.94 bits per heavy atom. The lowest BCUT2D eigenvalue weighted by Gasteiger charge is -2.39. The topological polar surface area (TPSA) is 88.0 Å². The molecule has 170 valence electrons. The summed E-state index contributed by atoms with van der Waals surface area (Å²) in [5, 5.41) is 12.1. The monoisotopic (exact) mass is 455 g/mol. The van der Waals surface area contributed by atoms with Crippen molar-refractivity contribution in [3.8, 4) is 0 Å². The smallest absolute Gasteiger partial charge is 0.252 e. The van der Waals surface area contributed by atoms with Crippen molar-refractivity contribution in [1.82, 2.24) is 30.0 Å². The molecule has 3 aromatic rings. The molecule has 1 amide bonds. The Morgan fingerprint density at radius 1 is 1.19 bits per heavy atom. The number of hydrogen-bond acceptors (Lipinski definition) is 6. The summed E-state index contributed by atoms with van der Waals surface area (Å²) >= 11 is 6.02. The molecule has 0 aromatic carbocycles. The first-order chi connectivity index (χ1) is 15.3. The van der Waals surface area contributed by atoms with Crippen molar-refractivity contribution in [2.75, 3.05) is 18.4 Å². The molecule has 4 heterocycles. The molecular formula is C23H30ClN7O. The van der Waals surface area contributed by atoms with E-state index in [0.29, 0.717) is 35.2 Å². The quantitative estimate of drug-likeness (QED) is 0.545. The summed E-state index contributed by atoms with van der Waals surface area (Å²) in [6.07, 6.45) is 7.03. The predicted octanol–water partition coefficient (Wildman–Crippen LogP) is 4.06. The highest BCUT2D eigenvalue weighted by Crippen LogP contribution is 2.28. The van der Waals surface area contributed by atoms with Gasteiger partial charge >= 0.3 is 0 Å².